The van der Waals surface area contributed by atoms with Crippen molar-refractivity contribution in [2.75, 3.05) is 7.05 Å². The monoisotopic (exact) mass is 260 g/mol. The largest absolute Gasteiger partial charge is 0.470 e. The molecule has 0 bridgehead atoms. The van der Waals surface area contributed by atoms with Gasteiger partial charge in [0.15, 0.2) is 0 Å². The van der Waals surface area contributed by atoms with Crippen LogP contribution < -0.4 is 10.1 Å². The van der Waals surface area contributed by atoms with Crippen LogP contribution in [0.5, 0.6) is 5.88 Å². The SMILES string of the molecule is CNCc1cc(F)cnc1OC(C)c1ccccc1. The van der Waals surface area contributed by atoms with Crippen molar-refractivity contribution in [1.29, 1.82) is 0 Å². The molecule has 0 aliphatic heterocycles. The average Bonchev–Trinajstić information content (AvgIpc) is 2.43. The molecule has 0 saturated heterocycles. The number of hydrogen-bond donors (Lipinski definition) is 1. The minimum Gasteiger partial charge on any atom is -0.470 e. The zero-order chi connectivity index (χ0) is 13.7. The van der Waals surface area contributed by atoms with Crippen molar-refractivity contribution >= 4 is 0 Å². The van der Waals surface area contributed by atoms with Gasteiger partial charge >= 0.3 is 0 Å². The standard InChI is InChI=1S/C15H17FN2O/c1-11(12-6-4-3-5-7-12)19-15-13(9-17-2)8-14(16)10-18-15/h3-8,10-11,17H,9H2,1-2H3. The number of nitrogens with one attached hydrogen (secondary N) is 1. The molecule has 0 amide bonds. The van der Waals surface area contributed by atoms with Gasteiger partial charge in [0, 0.05) is 12.1 Å². The summed E-state index contributed by atoms with van der Waals surface area (Å²) in [7, 11) is 1.80. The fourth-order valence-corrected chi connectivity index (χ4v) is 1.85. The van der Waals surface area contributed by atoms with Crippen molar-refractivity contribution in [2.24, 2.45) is 0 Å². The zero-order valence-electron chi connectivity index (χ0n) is 11.1. The maximum Gasteiger partial charge on any atom is 0.218 e. The van der Waals surface area contributed by atoms with E-state index in [-0.39, 0.29) is 11.9 Å². The minimum absolute atomic E-state index is 0.130. The first-order valence-electron chi connectivity index (χ1n) is 6.21. The third-order valence-electron chi connectivity index (χ3n) is 2.82. The van der Waals surface area contributed by atoms with Gasteiger partial charge in [-0.15, -0.1) is 0 Å². The molecular weight excluding hydrogens is 243 g/mol. The Kier molecular flexibility index (Phi) is 4.47. The summed E-state index contributed by atoms with van der Waals surface area (Å²) < 4.78 is 19.0. The number of rotatable bonds is 5. The molecule has 1 atom stereocenters. The van der Waals surface area contributed by atoms with Gasteiger partial charge in [-0.05, 0) is 25.6 Å². The Labute approximate surface area is 112 Å². The number of benzene rings is 1. The molecule has 2 rings (SSSR count). The number of ether oxygens (including phenoxy) is 1. The van der Waals surface area contributed by atoms with E-state index in [1.807, 2.05) is 37.3 Å². The summed E-state index contributed by atoms with van der Waals surface area (Å²) in [5.41, 5.74) is 1.77. The summed E-state index contributed by atoms with van der Waals surface area (Å²) in [6, 6.07) is 11.3. The summed E-state index contributed by atoms with van der Waals surface area (Å²) in [4.78, 5) is 4.03. The summed E-state index contributed by atoms with van der Waals surface area (Å²) in [5.74, 6) is 0.108. The highest BCUT2D eigenvalue weighted by molar-refractivity contribution is 5.27. The molecule has 0 saturated carbocycles. The van der Waals surface area contributed by atoms with Crippen molar-refractivity contribution in [1.82, 2.24) is 10.3 Å². The van der Waals surface area contributed by atoms with Crippen LogP contribution in [-0.4, -0.2) is 12.0 Å². The molecule has 2 aromatic rings. The van der Waals surface area contributed by atoms with Crippen LogP contribution in [0.3, 0.4) is 0 Å². The molecule has 0 aliphatic rings. The van der Waals surface area contributed by atoms with E-state index in [4.69, 9.17) is 4.74 Å². The Bertz CT molecular complexity index is 531. The second-order valence-corrected chi connectivity index (χ2v) is 4.32. The zero-order valence-corrected chi connectivity index (χ0v) is 11.1. The highest BCUT2D eigenvalue weighted by Crippen LogP contribution is 2.23. The summed E-state index contributed by atoms with van der Waals surface area (Å²) in [6.07, 6.45) is 1.04. The third kappa shape index (κ3) is 3.51. The van der Waals surface area contributed by atoms with E-state index in [2.05, 4.69) is 10.3 Å². The summed E-state index contributed by atoms with van der Waals surface area (Å²) in [5, 5.41) is 2.98. The van der Waals surface area contributed by atoms with Crippen molar-refractivity contribution in [2.45, 2.75) is 19.6 Å². The van der Waals surface area contributed by atoms with Crippen LogP contribution in [-0.2, 0) is 6.54 Å². The van der Waals surface area contributed by atoms with Crippen molar-refractivity contribution in [3.05, 3.63) is 59.5 Å². The first-order valence-corrected chi connectivity index (χ1v) is 6.21. The van der Waals surface area contributed by atoms with E-state index in [1.54, 1.807) is 7.05 Å². The van der Waals surface area contributed by atoms with Crippen LogP contribution in [0.15, 0.2) is 42.6 Å². The molecule has 4 heteroatoms. The van der Waals surface area contributed by atoms with E-state index in [0.717, 1.165) is 5.56 Å². The smallest absolute Gasteiger partial charge is 0.218 e. The van der Waals surface area contributed by atoms with Gasteiger partial charge in [0.05, 0.1) is 6.20 Å². The molecule has 100 valence electrons. The third-order valence-corrected chi connectivity index (χ3v) is 2.82. The van der Waals surface area contributed by atoms with Gasteiger partial charge in [-0.25, -0.2) is 9.37 Å². The molecule has 1 aromatic heterocycles. The van der Waals surface area contributed by atoms with E-state index in [9.17, 15) is 4.39 Å². The van der Waals surface area contributed by atoms with Crippen LogP contribution >= 0.6 is 0 Å². The van der Waals surface area contributed by atoms with Crippen LogP contribution in [0.25, 0.3) is 0 Å². The van der Waals surface area contributed by atoms with Crippen LogP contribution in [0.4, 0.5) is 4.39 Å². The summed E-state index contributed by atoms with van der Waals surface area (Å²) in [6.45, 7) is 2.46. The van der Waals surface area contributed by atoms with Gasteiger partial charge in [-0.3, -0.25) is 0 Å². The van der Waals surface area contributed by atoms with Crippen molar-refractivity contribution in [3.63, 3.8) is 0 Å². The molecule has 0 aliphatic carbocycles. The van der Waals surface area contributed by atoms with E-state index < -0.39 is 0 Å². The maximum absolute atomic E-state index is 13.2. The van der Waals surface area contributed by atoms with Gasteiger partial charge in [-0.2, -0.15) is 0 Å². The molecule has 0 radical (unpaired) electrons. The molecular formula is C15H17FN2O. The van der Waals surface area contributed by atoms with Crippen LogP contribution in [0.1, 0.15) is 24.2 Å². The number of aromatic nitrogens is 1. The number of nitrogens with zero attached hydrogens (tertiary/aromatic N) is 1. The van der Waals surface area contributed by atoms with Gasteiger partial charge < -0.3 is 10.1 Å². The maximum atomic E-state index is 13.2. The Morgan fingerprint density at radius 3 is 2.74 bits per heavy atom. The Balaban J connectivity index is 2.18. The number of hydrogen-bond acceptors (Lipinski definition) is 3. The molecule has 0 spiro atoms. The fourth-order valence-electron chi connectivity index (χ4n) is 1.85. The number of pyridine rings is 1. The van der Waals surface area contributed by atoms with Crippen molar-refractivity contribution in [3.8, 4) is 5.88 Å². The van der Waals surface area contributed by atoms with Crippen molar-refractivity contribution < 1.29 is 9.13 Å². The number of halogens is 1. The molecule has 19 heavy (non-hydrogen) atoms. The molecule has 1 aromatic carbocycles. The Morgan fingerprint density at radius 2 is 2.05 bits per heavy atom. The molecule has 3 nitrogen and oxygen atoms in total. The second-order valence-electron chi connectivity index (χ2n) is 4.32. The van der Waals surface area contributed by atoms with E-state index in [0.29, 0.717) is 18.0 Å². The van der Waals surface area contributed by atoms with Gasteiger partial charge in [0.1, 0.15) is 11.9 Å². The van der Waals surface area contributed by atoms with Gasteiger partial charge in [0.2, 0.25) is 5.88 Å². The average molecular weight is 260 g/mol. The van der Waals surface area contributed by atoms with Gasteiger partial charge in [0.25, 0.3) is 0 Å². The molecule has 0 fully saturated rings. The first kappa shape index (κ1) is 13.5. The lowest BCUT2D eigenvalue weighted by Gasteiger charge is -2.16. The lowest BCUT2D eigenvalue weighted by Crippen LogP contribution is -2.11. The Hall–Kier alpha value is -1.94. The first-order chi connectivity index (χ1) is 9.20. The second kappa shape index (κ2) is 6.29. The van der Waals surface area contributed by atoms with E-state index >= 15 is 0 Å². The highest BCUT2D eigenvalue weighted by Gasteiger charge is 2.12. The lowest BCUT2D eigenvalue weighted by atomic mass is 10.1. The lowest BCUT2D eigenvalue weighted by molar-refractivity contribution is 0.214. The molecule has 1 N–H and O–H groups in total. The Morgan fingerprint density at radius 1 is 1.32 bits per heavy atom. The summed E-state index contributed by atoms with van der Waals surface area (Å²) >= 11 is 0. The molecule has 1 unspecified atom stereocenters. The van der Waals surface area contributed by atoms with Gasteiger partial charge in [-0.1, -0.05) is 30.3 Å². The topological polar surface area (TPSA) is 34.2 Å². The van der Waals surface area contributed by atoms with Crippen LogP contribution in [0, 0.1) is 5.82 Å². The predicted molar refractivity (Wildman–Crippen MR) is 72.4 cm³/mol. The predicted octanol–water partition coefficient (Wildman–Crippen LogP) is 3.08. The quantitative estimate of drug-likeness (QED) is 0.897. The minimum atomic E-state index is -0.357. The highest BCUT2D eigenvalue weighted by atomic mass is 19.1. The normalized spacial score (nSPS) is 12.2. The van der Waals surface area contributed by atoms with E-state index in [1.165, 1.54) is 12.3 Å². The molecule has 1 heterocycles. The van der Waals surface area contributed by atoms with Crippen LogP contribution in [0.2, 0.25) is 0 Å². The fraction of sp³-hybridized carbons (Fsp3) is 0.267.